The van der Waals surface area contributed by atoms with Crippen molar-refractivity contribution in [1.29, 1.82) is 0 Å². The summed E-state index contributed by atoms with van der Waals surface area (Å²) in [5.41, 5.74) is -0.0994. The van der Waals surface area contributed by atoms with Gasteiger partial charge in [0.05, 0.1) is 7.11 Å². The second-order valence-electron chi connectivity index (χ2n) is 11.0. The minimum atomic E-state index is -2.65. The average Bonchev–Trinajstić information content (AvgIpc) is 3.13. The molecular weight excluding hydrogens is 448 g/mol. The van der Waals surface area contributed by atoms with E-state index in [1.165, 1.54) is 7.11 Å². The van der Waals surface area contributed by atoms with Crippen LogP contribution in [0.25, 0.3) is 0 Å². The molecule has 2 saturated heterocycles. The highest BCUT2D eigenvalue weighted by molar-refractivity contribution is 5.92. The number of halogens is 2. The van der Waals surface area contributed by atoms with Crippen molar-refractivity contribution in [1.82, 2.24) is 15.5 Å². The lowest BCUT2D eigenvalue weighted by Gasteiger charge is -2.33. The van der Waals surface area contributed by atoms with E-state index < -0.39 is 29.9 Å². The molecule has 0 aromatic heterocycles. The van der Waals surface area contributed by atoms with E-state index in [1.807, 2.05) is 0 Å². The highest BCUT2D eigenvalue weighted by atomic mass is 19.3. The number of rotatable bonds is 7. The SMILES string of the molecule is COC(=O)[C@H](C[C@@H]1CCNC1=O)NC(=O)[C@@H]1[C@@H]2[C@H](CN1C(=O)CC1CCC(F)(F)CC1)C2(C)C. The van der Waals surface area contributed by atoms with Crippen LogP contribution in [-0.2, 0) is 23.9 Å². The number of piperidine rings is 1. The largest absolute Gasteiger partial charge is 0.467 e. The molecule has 0 unspecified atom stereocenters. The highest BCUT2D eigenvalue weighted by Crippen LogP contribution is 2.65. The third kappa shape index (κ3) is 4.77. The topological polar surface area (TPSA) is 105 Å². The summed E-state index contributed by atoms with van der Waals surface area (Å²) in [5.74, 6) is -4.38. The summed E-state index contributed by atoms with van der Waals surface area (Å²) in [6.45, 7) is 5.11. The lowest BCUT2D eigenvalue weighted by molar-refractivity contribution is -0.147. The number of carbonyl (C=O) groups excluding carboxylic acids is 4. The predicted octanol–water partition coefficient (Wildman–Crippen LogP) is 1.87. The van der Waals surface area contributed by atoms with Gasteiger partial charge in [-0.05, 0) is 48.9 Å². The number of fused-ring (bicyclic) bond motifs is 1. The van der Waals surface area contributed by atoms with Crippen LogP contribution in [-0.4, -0.2) is 66.8 Å². The van der Waals surface area contributed by atoms with Gasteiger partial charge in [0, 0.05) is 38.3 Å². The van der Waals surface area contributed by atoms with E-state index in [-0.39, 0.29) is 66.6 Å². The molecule has 0 spiro atoms. The summed E-state index contributed by atoms with van der Waals surface area (Å²) in [4.78, 5) is 52.6. The summed E-state index contributed by atoms with van der Waals surface area (Å²) in [6.07, 6.45) is 1.06. The number of carbonyl (C=O) groups is 4. The fraction of sp³-hybridized carbons (Fsp3) is 0.833. The van der Waals surface area contributed by atoms with E-state index in [9.17, 15) is 28.0 Å². The van der Waals surface area contributed by atoms with Crippen LogP contribution in [0.1, 0.15) is 58.8 Å². The molecule has 34 heavy (non-hydrogen) atoms. The average molecular weight is 484 g/mol. The molecule has 2 N–H and O–H groups in total. The zero-order chi connectivity index (χ0) is 24.8. The van der Waals surface area contributed by atoms with Gasteiger partial charge < -0.3 is 20.3 Å². The van der Waals surface area contributed by atoms with Crippen LogP contribution in [0.4, 0.5) is 8.78 Å². The minimum Gasteiger partial charge on any atom is -0.467 e. The Bertz CT molecular complexity index is 854. The highest BCUT2D eigenvalue weighted by Gasteiger charge is 2.69. The van der Waals surface area contributed by atoms with Crippen molar-refractivity contribution in [3.8, 4) is 0 Å². The quantitative estimate of drug-likeness (QED) is 0.538. The van der Waals surface area contributed by atoms with Crippen LogP contribution >= 0.6 is 0 Å². The Morgan fingerprint density at radius 1 is 1.21 bits per heavy atom. The standard InChI is InChI=1S/C24H35F2N3O5/c1-23(2)15-12-29(17(30)10-13-4-7-24(25,26)8-5-13)19(18(15)23)21(32)28-16(22(33)34-3)11-14-6-9-27-20(14)31/h13-16,18-19H,4-12H2,1-3H3,(H,27,31)(H,28,32)/t14-,15-,16-,18-,19-/m0/s1. The van der Waals surface area contributed by atoms with E-state index >= 15 is 0 Å². The number of hydrogen-bond acceptors (Lipinski definition) is 5. The first-order chi connectivity index (χ1) is 15.9. The molecule has 4 rings (SSSR count). The van der Waals surface area contributed by atoms with Crippen LogP contribution in [0.2, 0.25) is 0 Å². The summed E-state index contributed by atoms with van der Waals surface area (Å²) in [7, 11) is 1.23. The summed E-state index contributed by atoms with van der Waals surface area (Å²) >= 11 is 0. The fourth-order valence-electron chi connectivity index (χ4n) is 6.28. The normalized spacial score (nSPS) is 32.5. The van der Waals surface area contributed by atoms with Gasteiger partial charge in [0.15, 0.2) is 0 Å². The van der Waals surface area contributed by atoms with Crippen molar-refractivity contribution in [2.45, 2.75) is 76.8 Å². The molecule has 0 radical (unpaired) electrons. The van der Waals surface area contributed by atoms with Crippen molar-refractivity contribution >= 4 is 23.7 Å². The van der Waals surface area contributed by atoms with Crippen LogP contribution < -0.4 is 10.6 Å². The monoisotopic (exact) mass is 483 g/mol. The van der Waals surface area contributed by atoms with Crippen LogP contribution in [0.3, 0.4) is 0 Å². The molecule has 2 saturated carbocycles. The number of methoxy groups -OCH3 is 1. The smallest absolute Gasteiger partial charge is 0.328 e. The van der Waals surface area contributed by atoms with Crippen molar-refractivity contribution in [2.24, 2.45) is 29.1 Å². The van der Waals surface area contributed by atoms with Gasteiger partial charge in [0.2, 0.25) is 23.6 Å². The molecule has 8 nitrogen and oxygen atoms in total. The predicted molar refractivity (Wildman–Crippen MR) is 117 cm³/mol. The Balaban J connectivity index is 1.44. The Morgan fingerprint density at radius 2 is 1.88 bits per heavy atom. The van der Waals surface area contributed by atoms with Gasteiger partial charge in [-0.1, -0.05) is 13.8 Å². The van der Waals surface area contributed by atoms with Gasteiger partial charge in [-0.15, -0.1) is 0 Å². The first-order valence-electron chi connectivity index (χ1n) is 12.3. The fourth-order valence-corrected chi connectivity index (χ4v) is 6.28. The molecule has 10 heteroatoms. The maximum Gasteiger partial charge on any atom is 0.328 e. The molecule has 4 aliphatic rings. The van der Waals surface area contributed by atoms with Crippen molar-refractivity contribution < 1.29 is 32.7 Å². The van der Waals surface area contributed by atoms with Crippen molar-refractivity contribution in [3.05, 3.63) is 0 Å². The van der Waals surface area contributed by atoms with Gasteiger partial charge in [-0.3, -0.25) is 14.4 Å². The first-order valence-corrected chi connectivity index (χ1v) is 12.3. The minimum absolute atomic E-state index is 0.0276. The van der Waals surface area contributed by atoms with Gasteiger partial charge in [-0.25, -0.2) is 13.6 Å². The molecule has 4 fully saturated rings. The van der Waals surface area contributed by atoms with Gasteiger partial charge in [0.1, 0.15) is 12.1 Å². The van der Waals surface area contributed by atoms with E-state index in [0.717, 1.165) is 0 Å². The molecule has 0 bridgehead atoms. The Labute approximate surface area is 198 Å². The van der Waals surface area contributed by atoms with Gasteiger partial charge >= 0.3 is 5.97 Å². The van der Waals surface area contributed by atoms with E-state index in [1.54, 1.807) is 4.90 Å². The number of alkyl halides is 2. The number of amides is 3. The zero-order valence-electron chi connectivity index (χ0n) is 20.1. The second-order valence-corrected chi connectivity index (χ2v) is 11.0. The molecule has 2 aliphatic carbocycles. The summed E-state index contributed by atoms with van der Waals surface area (Å²) < 4.78 is 31.9. The molecule has 0 aromatic carbocycles. The van der Waals surface area contributed by atoms with Gasteiger partial charge in [-0.2, -0.15) is 0 Å². The second kappa shape index (κ2) is 9.07. The third-order valence-electron chi connectivity index (χ3n) is 8.58. The Morgan fingerprint density at radius 3 is 2.47 bits per heavy atom. The van der Waals surface area contributed by atoms with E-state index in [0.29, 0.717) is 32.4 Å². The Hall–Kier alpha value is -2.26. The molecule has 5 atom stereocenters. The molecule has 2 heterocycles. The first kappa shape index (κ1) is 24.9. The van der Waals surface area contributed by atoms with Gasteiger partial charge in [0.25, 0.3) is 0 Å². The lowest BCUT2D eigenvalue weighted by Crippen LogP contribution is -2.54. The molecule has 0 aromatic rings. The van der Waals surface area contributed by atoms with Crippen molar-refractivity contribution in [2.75, 3.05) is 20.2 Å². The number of hydrogen-bond donors (Lipinski definition) is 2. The van der Waals surface area contributed by atoms with E-state index in [2.05, 4.69) is 24.5 Å². The van der Waals surface area contributed by atoms with Crippen LogP contribution in [0, 0.1) is 29.1 Å². The number of nitrogens with zero attached hydrogens (tertiary/aromatic N) is 1. The molecule has 3 amide bonds. The number of likely N-dealkylation sites (tertiary alicyclic amines) is 1. The van der Waals surface area contributed by atoms with Crippen LogP contribution in [0.15, 0.2) is 0 Å². The van der Waals surface area contributed by atoms with Crippen LogP contribution in [0.5, 0.6) is 0 Å². The molecular formula is C24H35F2N3O5. The number of ether oxygens (including phenoxy) is 1. The zero-order valence-corrected chi connectivity index (χ0v) is 20.1. The summed E-state index contributed by atoms with van der Waals surface area (Å²) in [5, 5.41) is 5.49. The van der Waals surface area contributed by atoms with E-state index in [4.69, 9.17) is 4.74 Å². The number of nitrogens with one attached hydrogen (secondary N) is 2. The Kier molecular flexibility index (Phi) is 6.63. The maximum absolute atomic E-state index is 13.5. The third-order valence-corrected chi connectivity index (χ3v) is 8.58. The lowest BCUT2D eigenvalue weighted by atomic mass is 9.84. The molecule has 2 aliphatic heterocycles. The maximum atomic E-state index is 13.5. The summed E-state index contributed by atoms with van der Waals surface area (Å²) in [6, 6.07) is -1.70. The number of esters is 1. The van der Waals surface area contributed by atoms with Crippen molar-refractivity contribution in [3.63, 3.8) is 0 Å². The molecule has 190 valence electrons.